The number of nitrogens with two attached hydrogens (primary N) is 1. The molecule has 0 saturated heterocycles. The van der Waals surface area contributed by atoms with Crippen molar-refractivity contribution in [3.63, 3.8) is 0 Å². The molecule has 0 aliphatic heterocycles. The molecule has 2 nitrogen and oxygen atoms in total. The molecule has 0 fully saturated rings. The third-order valence-corrected chi connectivity index (χ3v) is 4.40. The first-order valence-electron chi connectivity index (χ1n) is 5.20. The molecule has 2 aromatic rings. The van der Waals surface area contributed by atoms with Crippen LogP contribution in [0.3, 0.4) is 0 Å². The van der Waals surface area contributed by atoms with Gasteiger partial charge in [0.1, 0.15) is 0 Å². The number of hydrogen-bond acceptors (Lipinski definition) is 3. The van der Waals surface area contributed by atoms with Crippen molar-refractivity contribution < 1.29 is 0 Å². The summed E-state index contributed by atoms with van der Waals surface area (Å²) in [6.45, 7) is 2.50. The first kappa shape index (κ1) is 12.8. The lowest BCUT2D eigenvalue weighted by Gasteiger charge is -2.03. The van der Waals surface area contributed by atoms with Gasteiger partial charge in [0.05, 0.1) is 10.7 Å². The second kappa shape index (κ2) is 5.36. The molecule has 90 valence electrons. The first-order valence-corrected chi connectivity index (χ1v) is 6.77. The highest BCUT2D eigenvalue weighted by molar-refractivity contribution is 7.11. The minimum Gasteiger partial charge on any atom is -0.326 e. The van der Waals surface area contributed by atoms with Gasteiger partial charge in [0.15, 0.2) is 0 Å². The number of halogens is 2. The van der Waals surface area contributed by atoms with E-state index in [1.807, 2.05) is 25.1 Å². The fourth-order valence-corrected chi connectivity index (χ4v) is 3.10. The number of aryl methyl sites for hydroxylation is 1. The third kappa shape index (κ3) is 2.80. The van der Waals surface area contributed by atoms with Gasteiger partial charge in [0.2, 0.25) is 0 Å². The average molecular weight is 287 g/mol. The summed E-state index contributed by atoms with van der Waals surface area (Å²) < 4.78 is 0. The lowest BCUT2D eigenvalue weighted by Crippen LogP contribution is -1.94. The Morgan fingerprint density at radius 3 is 2.47 bits per heavy atom. The van der Waals surface area contributed by atoms with Gasteiger partial charge in [-0.25, -0.2) is 4.98 Å². The van der Waals surface area contributed by atoms with Gasteiger partial charge in [0, 0.05) is 27.9 Å². The number of thiazole rings is 1. The summed E-state index contributed by atoms with van der Waals surface area (Å²) >= 11 is 13.9. The summed E-state index contributed by atoms with van der Waals surface area (Å²) in [6.07, 6.45) is 0.657. The standard InChI is InChI=1S/C12H12Cl2N2S/c1-7-11(6-15)17-12(16-7)5-8-9(13)3-2-4-10(8)14/h2-4H,5-6,15H2,1H3. The molecule has 0 aliphatic carbocycles. The van der Waals surface area contributed by atoms with Crippen molar-refractivity contribution in [2.24, 2.45) is 5.73 Å². The van der Waals surface area contributed by atoms with Crippen molar-refractivity contribution in [1.29, 1.82) is 0 Å². The van der Waals surface area contributed by atoms with Crippen molar-refractivity contribution >= 4 is 34.5 Å². The van der Waals surface area contributed by atoms with E-state index in [0.29, 0.717) is 23.0 Å². The van der Waals surface area contributed by atoms with Crippen LogP contribution in [0.15, 0.2) is 18.2 Å². The molecule has 1 aromatic heterocycles. The number of hydrogen-bond donors (Lipinski definition) is 1. The molecular formula is C12H12Cl2N2S. The first-order chi connectivity index (χ1) is 8.11. The van der Waals surface area contributed by atoms with Crippen molar-refractivity contribution in [1.82, 2.24) is 4.98 Å². The molecule has 5 heteroatoms. The SMILES string of the molecule is Cc1nc(Cc2c(Cl)cccc2Cl)sc1CN. The van der Waals surface area contributed by atoms with Gasteiger partial charge in [0.25, 0.3) is 0 Å². The lowest BCUT2D eigenvalue weighted by molar-refractivity contribution is 1.04. The fraction of sp³-hybridized carbons (Fsp3) is 0.250. The van der Waals surface area contributed by atoms with Crippen LogP contribution in [-0.4, -0.2) is 4.98 Å². The molecule has 0 spiro atoms. The second-order valence-corrected chi connectivity index (χ2v) is 5.68. The highest BCUT2D eigenvalue weighted by atomic mass is 35.5. The monoisotopic (exact) mass is 286 g/mol. The maximum Gasteiger partial charge on any atom is 0.0976 e. The van der Waals surface area contributed by atoms with Gasteiger partial charge >= 0.3 is 0 Å². The minimum atomic E-state index is 0.528. The van der Waals surface area contributed by atoms with Crippen molar-refractivity contribution in [3.05, 3.63) is 49.4 Å². The summed E-state index contributed by atoms with van der Waals surface area (Å²) in [5, 5.41) is 2.36. The molecule has 0 radical (unpaired) electrons. The van der Waals surface area contributed by atoms with Gasteiger partial charge in [-0.15, -0.1) is 11.3 Å². The molecule has 0 aliphatic rings. The molecule has 17 heavy (non-hydrogen) atoms. The van der Waals surface area contributed by atoms with E-state index in [0.717, 1.165) is 21.1 Å². The molecule has 0 unspecified atom stereocenters. The van der Waals surface area contributed by atoms with Crippen LogP contribution < -0.4 is 5.73 Å². The zero-order valence-corrected chi connectivity index (χ0v) is 11.7. The van der Waals surface area contributed by atoms with Crippen LogP contribution in [0.5, 0.6) is 0 Å². The van der Waals surface area contributed by atoms with E-state index in [2.05, 4.69) is 4.98 Å². The summed E-state index contributed by atoms with van der Waals surface area (Å²) in [6, 6.07) is 5.52. The van der Waals surface area contributed by atoms with Crippen molar-refractivity contribution in [2.45, 2.75) is 19.9 Å². The Hall–Kier alpha value is -0.610. The Bertz CT molecular complexity index is 517. The molecule has 2 N–H and O–H groups in total. The van der Waals surface area contributed by atoms with Gasteiger partial charge in [-0.1, -0.05) is 29.3 Å². The van der Waals surface area contributed by atoms with Gasteiger partial charge in [-0.2, -0.15) is 0 Å². The Morgan fingerprint density at radius 2 is 1.94 bits per heavy atom. The quantitative estimate of drug-likeness (QED) is 0.932. The molecule has 0 amide bonds. The highest BCUT2D eigenvalue weighted by Crippen LogP contribution is 2.28. The van der Waals surface area contributed by atoms with Crippen LogP contribution in [0, 0.1) is 6.92 Å². The van der Waals surface area contributed by atoms with E-state index in [9.17, 15) is 0 Å². The maximum absolute atomic E-state index is 6.13. The largest absolute Gasteiger partial charge is 0.326 e. The Balaban J connectivity index is 2.31. The average Bonchev–Trinajstić information content (AvgIpc) is 2.64. The topological polar surface area (TPSA) is 38.9 Å². The zero-order valence-electron chi connectivity index (χ0n) is 9.34. The molecule has 2 rings (SSSR count). The van der Waals surface area contributed by atoms with Gasteiger partial charge in [-0.3, -0.25) is 0 Å². The molecule has 1 heterocycles. The minimum absolute atomic E-state index is 0.528. The normalized spacial score (nSPS) is 10.8. The molecule has 0 saturated carbocycles. The maximum atomic E-state index is 6.13. The lowest BCUT2D eigenvalue weighted by atomic mass is 10.1. The Labute approximate surface area is 114 Å². The van der Waals surface area contributed by atoms with E-state index < -0.39 is 0 Å². The Kier molecular flexibility index (Phi) is 4.05. The zero-order chi connectivity index (χ0) is 12.4. The fourth-order valence-electron chi connectivity index (χ4n) is 1.61. The molecular weight excluding hydrogens is 275 g/mol. The van der Waals surface area contributed by atoms with E-state index in [-0.39, 0.29) is 0 Å². The summed E-state index contributed by atoms with van der Waals surface area (Å²) in [7, 11) is 0. The number of nitrogens with zero attached hydrogens (tertiary/aromatic N) is 1. The number of aromatic nitrogens is 1. The van der Waals surface area contributed by atoms with Crippen LogP contribution >= 0.6 is 34.5 Å². The molecule has 0 bridgehead atoms. The predicted octanol–water partition coefficient (Wildman–Crippen LogP) is 3.81. The molecule has 0 atom stereocenters. The predicted molar refractivity (Wildman–Crippen MR) is 74.0 cm³/mol. The van der Waals surface area contributed by atoms with Gasteiger partial charge < -0.3 is 5.73 Å². The van der Waals surface area contributed by atoms with E-state index in [1.165, 1.54) is 0 Å². The van der Waals surface area contributed by atoms with Gasteiger partial charge in [-0.05, 0) is 24.6 Å². The van der Waals surface area contributed by atoms with Crippen LogP contribution in [0.1, 0.15) is 21.1 Å². The van der Waals surface area contributed by atoms with E-state index in [1.54, 1.807) is 11.3 Å². The smallest absolute Gasteiger partial charge is 0.0976 e. The second-order valence-electron chi connectivity index (χ2n) is 3.70. The number of benzene rings is 1. The molecule has 1 aromatic carbocycles. The summed E-state index contributed by atoms with van der Waals surface area (Å²) in [5.41, 5.74) is 7.56. The highest BCUT2D eigenvalue weighted by Gasteiger charge is 2.11. The van der Waals surface area contributed by atoms with E-state index in [4.69, 9.17) is 28.9 Å². The third-order valence-electron chi connectivity index (χ3n) is 2.51. The van der Waals surface area contributed by atoms with Crippen molar-refractivity contribution in [3.8, 4) is 0 Å². The summed E-state index contributed by atoms with van der Waals surface area (Å²) in [5.74, 6) is 0. The van der Waals surface area contributed by atoms with Crippen LogP contribution in [-0.2, 0) is 13.0 Å². The number of rotatable bonds is 3. The van der Waals surface area contributed by atoms with Crippen molar-refractivity contribution in [2.75, 3.05) is 0 Å². The summed E-state index contributed by atoms with van der Waals surface area (Å²) in [4.78, 5) is 5.59. The Morgan fingerprint density at radius 1 is 1.29 bits per heavy atom. The van der Waals surface area contributed by atoms with E-state index >= 15 is 0 Å². The van der Waals surface area contributed by atoms with Crippen LogP contribution in [0.25, 0.3) is 0 Å². The van der Waals surface area contributed by atoms with Crippen LogP contribution in [0.4, 0.5) is 0 Å². The van der Waals surface area contributed by atoms with Crippen LogP contribution in [0.2, 0.25) is 10.0 Å².